The van der Waals surface area contributed by atoms with Crippen LogP contribution in [0.1, 0.15) is 69.8 Å². The first kappa shape index (κ1) is 15.6. The molecule has 4 aliphatic rings. The first-order valence-corrected chi connectivity index (χ1v) is 10.2. The molecule has 1 nitrogen and oxygen atoms in total. The Morgan fingerprint density at radius 3 is 2.72 bits per heavy atom. The van der Waals surface area contributed by atoms with Crippen molar-refractivity contribution in [2.24, 2.45) is 17.3 Å². The molecule has 4 aliphatic carbocycles. The number of benzene rings is 1. The van der Waals surface area contributed by atoms with Crippen molar-refractivity contribution in [3.8, 4) is 0 Å². The molecule has 1 heteroatoms. The summed E-state index contributed by atoms with van der Waals surface area (Å²) in [5.74, 6) is 2.54. The van der Waals surface area contributed by atoms with Gasteiger partial charge in [-0.15, -0.1) is 0 Å². The molecule has 5 rings (SSSR count). The predicted octanol–water partition coefficient (Wildman–Crippen LogP) is 5.98. The minimum Gasteiger partial charge on any atom is -0.295 e. The maximum absolute atomic E-state index is 12.0. The standard InChI is InChI=1S/C24H28O/c1-24-13-5-8-22(24)20-11-9-17-14-18(25)10-12-19(17)23(20)21(15-24)16-6-3-2-4-7-16/h2-4,6-7,14,20-22H,5,8-13,15H2,1H3/t20?,21-,22?,24-/m0/s1. The quantitative estimate of drug-likeness (QED) is 0.618. The molecule has 0 aromatic heterocycles. The van der Waals surface area contributed by atoms with Crippen LogP contribution in [0.2, 0.25) is 0 Å². The molecule has 0 N–H and O–H groups in total. The zero-order chi connectivity index (χ0) is 17.0. The van der Waals surface area contributed by atoms with Gasteiger partial charge in [-0.25, -0.2) is 0 Å². The van der Waals surface area contributed by atoms with Crippen LogP contribution >= 0.6 is 0 Å². The molecular formula is C24H28O. The van der Waals surface area contributed by atoms with E-state index in [9.17, 15) is 4.79 Å². The van der Waals surface area contributed by atoms with Gasteiger partial charge in [-0.05, 0) is 78.6 Å². The maximum atomic E-state index is 12.0. The van der Waals surface area contributed by atoms with Gasteiger partial charge in [-0.2, -0.15) is 0 Å². The number of fused-ring (bicyclic) bond motifs is 4. The molecule has 0 aliphatic heterocycles. The number of hydrogen-bond donors (Lipinski definition) is 0. The summed E-state index contributed by atoms with van der Waals surface area (Å²) in [6.45, 7) is 2.57. The van der Waals surface area contributed by atoms with Crippen molar-refractivity contribution in [2.75, 3.05) is 0 Å². The minimum absolute atomic E-state index is 0.343. The summed E-state index contributed by atoms with van der Waals surface area (Å²) in [6.07, 6.45) is 11.6. The first-order chi connectivity index (χ1) is 12.2. The Bertz CT molecular complexity index is 769. The van der Waals surface area contributed by atoms with Gasteiger partial charge >= 0.3 is 0 Å². The highest BCUT2D eigenvalue weighted by molar-refractivity contribution is 5.93. The van der Waals surface area contributed by atoms with Crippen LogP contribution in [-0.4, -0.2) is 5.78 Å². The molecule has 2 saturated carbocycles. The van der Waals surface area contributed by atoms with E-state index in [4.69, 9.17) is 0 Å². The lowest BCUT2D eigenvalue weighted by Gasteiger charge is -2.51. The van der Waals surface area contributed by atoms with E-state index in [1.54, 1.807) is 11.1 Å². The Balaban J connectivity index is 1.68. The summed E-state index contributed by atoms with van der Waals surface area (Å²) in [5.41, 5.74) is 6.71. The van der Waals surface area contributed by atoms with E-state index in [1.807, 2.05) is 6.08 Å². The van der Waals surface area contributed by atoms with Crippen molar-refractivity contribution < 1.29 is 4.79 Å². The van der Waals surface area contributed by atoms with Crippen molar-refractivity contribution in [2.45, 2.75) is 64.2 Å². The third kappa shape index (κ3) is 2.39. The highest BCUT2D eigenvalue weighted by atomic mass is 16.1. The van der Waals surface area contributed by atoms with E-state index in [0.29, 0.717) is 17.1 Å². The molecule has 1 aromatic rings. The predicted molar refractivity (Wildman–Crippen MR) is 101 cm³/mol. The van der Waals surface area contributed by atoms with Crippen LogP contribution in [-0.2, 0) is 4.79 Å². The zero-order valence-electron chi connectivity index (χ0n) is 15.3. The Morgan fingerprint density at radius 1 is 1.04 bits per heavy atom. The summed E-state index contributed by atoms with van der Waals surface area (Å²) < 4.78 is 0. The highest BCUT2D eigenvalue weighted by Gasteiger charge is 2.52. The van der Waals surface area contributed by atoms with Gasteiger partial charge in [0.15, 0.2) is 5.78 Å². The third-order valence-electron chi connectivity index (χ3n) is 7.71. The smallest absolute Gasteiger partial charge is 0.156 e. The Hall–Kier alpha value is -1.63. The molecule has 4 atom stereocenters. The van der Waals surface area contributed by atoms with Gasteiger partial charge in [0.05, 0.1) is 0 Å². The first-order valence-electron chi connectivity index (χ1n) is 10.2. The Morgan fingerprint density at radius 2 is 1.88 bits per heavy atom. The SMILES string of the molecule is C[C@@]12CCCC1C1CCC3=CC(=O)CCC3=C1[C@H](c1ccccc1)C2. The van der Waals surface area contributed by atoms with E-state index in [1.165, 1.54) is 43.2 Å². The van der Waals surface area contributed by atoms with Crippen molar-refractivity contribution in [3.05, 3.63) is 58.7 Å². The fourth-order valence-electron chi connectivity index (χ4n) is 6.65. The number of allylic oxidation sites excluding steroid dienone is 4. The number of hydrogen-bond acceptors (Lipinski definition) is 1. The molecule has 0 saturated heterocycles. The van der Waals surface area contributed by atoms with Crippen LogP contribution in [0.25, 0.3) is 0 Å². The van der Waals surface area contributed by atoms with E-state index in [2.05, 4.69) is 37.3 Å². The van der Waals surface area contributed by atoms with E-state index < -0.39 is 0 Å². The van der Waals surface area contributed by atoms with E-state index in [0.717, 1.165) is 31.1 Å². The summed E-state index contributed by atoms with van der Waals surface area (Å²) in [4.78, 5) is 12.0. The fourth-order valence-corrected chi connectivity index (χ4v) is 6.65. The van der Waals surface area contributed by atoms with Crippen LogP contribution in [0.15, 0.2) is 53.1 Å². The van der Waals surface area contributed by atoms with Gasteiger partial charge in [0, 0.05) is 12.3 Å². The van der Waals surface area contributed by atoms with E-state index >= 15 is 0 Å². The maximum Gasteiger partial charge on any atom is 0.156 e. The van der Waals surface area contributed by atoms with Crippen molar-refractivity contribution in [1.82, 2.24) is 0 Å². The number of carbonyl (C=O) groups is 1. The average molecular weight is 332 g/mol. The van der Waals surface area contributed by atoms with Crippen LogP contribution < -0.4 is 0 Å². The monoisotopic (exact) mass is 332 g/mol. The van der Waals surface area contributed by atoms with Crippen LogP contribution in [0.3, 0.4) is 0 Å². The second kappa shape index (κ2) is 5.69. The van der Waals surface area contributed by atoms with Crippen molar-refractivity contribution >= 4 is 5.78 Å². The topological polar surface area (TPSA) is 17.1 Å². The molecular weight excluding hydrogens is 304 g/mol. The van der Waals surface area contributed by atoms with Gasteiger partial charge in [-0.3, -0.25) is 4.79 Å². The van der Waals surface area contributed by atoms with Crippen LogP contribution in [0, 0.1) is 17.3 Å². The van der Waals surface area contributed by atoms with E-state index in [-0.39, 0.29) is 0 Å². The van der Waals surface area contributed by atoms with Gasteiger partial charge in [-0.1, -0.05) is 49.2 Å². The van der Waals surface area contributed by atoms with Gasteiger partial charge in [0.2, 0.25) is 0 Å². The molecule has 130 valence electrons. The summed E-state index contributed by atoms with van der Waals surface area (Å²) in [6, 6.07) is 11.2. The normalized spacial score (nSPS) is 37.2. The lowest BCUT2D eigenvalue weighted by atomic mass is 9.53. The molecule has 0 heterocycles. The zero-order valence-corrected chi connectivity index (χ0v) is 15.3. The average Bonchev–Trinajstić information content (AvgIpc) is 3.03. The molecule has 2 fully saturated rings. The van der Waals surface area contributed by atoms with Gasteiger partial charge < -0.3 is 0 Å². The molecule has 0 spiro atoms. The van der Waals surface area contributed by atoms with Gasteiger partial charge in [0.1, 0.15) is 0 Å². The summed E-state index contributed by atoms with van der Waals surface area (Å²) in [5, 5.41) is 0. The van der Waals surface area contributed by atoms with Gasteiger partial charge in [0.25, 0.3) is 0 Å². The Labute approximate surface area is 151 Å². The number of rotatable bonds is 1. The minimum atomic E-state index is 0.343. The third-order valence-corrected chi connectivity index (χ3v) is 7.71. The Kier molecular flexibility index (Phi) is 3.55. The highest BCUT2D eigenvalue weighted by Crippen LogP contribution is 2.63. The van der Waals surface area contributed by atoms with Crippen LogP contribution in [0.5, 0.6) is 0 Å². The second-order valence-corrected chi connectivity index (χ2v) is 9.04. The largest absolute Gasteiger partial charge is 0.295 e. The number of ketones is 1. The molecule has 0 amide bonds. The van der Waals surface area contributed by atoms with Crippen molar-refractivity contribution in [3.63, 3.8) is 0 Å². The molecule has 2 unspecified atom stereocenters. The molecule has 25 heavy (non-hydrogen) atoms. The molecule has 0 bridgehead atoms. The van der Waals surface area contributed by atoms with Crippen molar-refractivity contribution in [1.29, 1.82) is 0 Å². The molecule has 1 aromatic carbocycles. The fraction of sp³-hybridized carbons (Fsp3) is 0.542. The summed E-state index contributed by atoms with van der Waals surface area (Å²) in [7, 11) is 0. The molecule has 0 radical (unpaired) electrons. The second-order valence-electron chi connectivity index (χ2n) is 9.04. The summed E-state index contributed by atoms with van der Waals surface area (Å²) >= 11 is 0. The van der Waals surface area contributed by atoms with Crippen LogP contribution in [0.4, 0.5) is 0 Å². The number of carbonyl (C=O) groups excluding carboxylic acids is 1. The lowest BCUT2D eigenvalue weighted by Crippen LogP contribution is -2.40. The lowest BCUT2D eigenvalue weighted by molar-refractivity contribution is -0.114.